The molecular weight excluding hydrogens is 247 g/mol. The summed E-state index contributed by atoms with van der Waals surface area (Å²) >= 11 is 0. The van der Waals surface area contributed by atoms with E-state index in [2.05, 4.69) is 5.32 Å². The number of halogens is 1. The molecule has 1 rings (SSSR count). The van der Waals surface area contributed by atoms with Gasteiger partial charge in [0.25, 0.3) is 0 Å². The number of carbonyl (C=O) groups is 1. The molecule has 0 bridgehead atoms. The van der Waals surface area contributed by atoms with Crippen LogP contribution in [-0.2, 0) is 4.79 Å². The molecule has 0 aliphatic rings. The SMILES string of the molecule is COc1ccc(F)cc1C(C)NC(=O)CC(C)CN. The molecule has 0 fully saturated rings. The Balaban J connectivity index is 2.74. The molecule has 0 saturated carbocycles. The van der Waals surface area contributed by atoms with Gasteiger partial charge in [0, 0.05) is 12.0 Å². The van der Waals surface area contributed by atoms with E-state index in [0.717, 1.165) is 0 Å². The van der Waals surface area contributed by atoms with Crippen molar-refractivity contribution in [1.82, 2.24) is 5.32 Å². The normalized spacial score (nSPS) is 13.7. The van der Waals surface area contributed by atoms with Crippen LogP contribution in [0, 0.1) is 11.7 Å². The first-order valence-corrected chi connectivity index (χ1v) is 6.30. The average molecular weight is 268 g/mol. The molecule has 0 radical (unpaired) electrons. The van der Waals surface area contributed by atoms with E-state index >= 15 is 0 Å². The summed E-state index contributed by atoms with van der Waals surface area (Å²) in [6.45, 7) is 4.17. The smallest absolute Gasteiger partial charge is 0.220 e. The maximum atomic E-state index is 13.3. The lowest BCUT2D eigenvalue weighted by atomic mass is 10.0. The summed E-state index contributed by atoms with van der Waals surface area (Å²) in [5.41, 5.74) is 6.10. The van der Waals surface area contributed by atoms with E-state index in [1.165, 1.54) is 19.2 Å². The van der Waals surface area contributed by atoms with Crippen LogP contribution in [0.1, 0.15) is 31.9 Å². The lowest BCUT2D eigenvalue weighted by molar-refractivity contribution is -0.122. The molecule has 4 nitrogen and oxygen atoms in total. The van der Waals surface area contributed by atoms with E-state index in [0.29, 0.717) is 24.3 Å². The van der Waals surface area contributed by atoms with Gasteiger partial charge in [0.1, 0.15) is 11.6 Å². The highest BCUT2D eigenvalue weighted by atomic mass is 19.1. The first-order valence-electron chi connectivity index (χ1n) is 6.30. The Morgan fingerprint density at radius 3 is 2.74 bits per heavy atom. The lowest BCUT2D eigenvalue weighted by Gasteiger charge is -2.18. The molecule has 0 aromatic heterocycles. The minimum Gasteiger partial charge on any atom is -0.496 e. The summed E-state index contributed by atoms with van der Waals surface area (Å²) in [5.74, 6) is 0.228. The van der Waals surface area contributed by atoms with Crippen LogP contribution in [-0.4, -0.2) is 19.6 Å². The van der Waals surface area contributed by atoms with Gasteiger partial charge in [-0.25, -0.2) is 4.39 Å². The number of amides is 1. The van der Waals surface area contributed by atoms with Gasteiger partial charge in [0.15, 0.2) is 0 Å². The predicted octanol–water partition coefficient (Wildman–Crippen LogP) is 2.00. The third-order valence-corrected chi connectivity index (χ3v) is 2.97. The van der Waals surface area contributed by atoms with Crippen LogP contribution in [0.3, 0.4) is 0 Å². The molecular formula is C14H21FN2O2. The average Bonchev–Trinajstić information content (AvgIpc) is 2.38. The molecule has 0 aliphatic heterocycles. The highest BCUT2D eigenvalue weighted by molar-refractivity contribution is 5.76. The quantitative estimate of drug-likeness (QED) is 0.829. The van der Waals surface area contributed by atoms with Crippen LogP contribution >= 0.6 is 0 Å². The number of nitrogens with one attached hydrogen (secondary N) is 1. The van der Waals surface area contributed by atoms with Crippen molar-refractivity contribution in [3.05, 3.63) is 29.6 Å². The predicted molar refractivity (Wildman–Crippen MR) is 72.3 cm³/mol. The molecule has 106 valence electrons. The topological polar surface area (TPSA) is 64.3 Å². The van der Waals surface area contributed by atoms with Crippen LogP contribution in [0.5, 0.6) is 5.75 Å². The highest BCUT2D eigenvalue weighted by Gasteiger charge is 2.16. The van der Waals surface area contributed by atoms with E-state index in [9.17, 15) is 9.18 Å². The molecule has 3 N–H and O–H groups in total. The van der Waals surface area contributed by atoms with Crippen molar-refractivity contribution < 1.29 is 13.9 Å². The number of carbonyl (C=O) groups excluding carboxylic acids is 1. The Bertz CT molecular complexity index is 437. The monoisotopic (exact) mass is 268 g/mol. The number of rotatable bonds is 6. The molecule has 1 aromatic carbocycles. The number of hydrogen-bond acceptors (Lipinski definition) is 3. The minimum atomic E-state index is -0.354. The van der Waals surface area contributed by atoms with Crippen molar-refractivity contribution in [3.63, 3.8) is 0 Å². The van der Waals surface area contributed by atoms with Gasteiger partial charge in [0.05, 0.1) is 13.2 Å². The molecule has 2 atom stereocenters. The highest BCUT2D eigenvalue weighted by Crippen LogP contribution is 2.25. The Morgan fingerprint density at radius 2 is 2.16 bits per heavy atom. The number of nitrogens with two attached hydrogens (primary N) is 1. The van der Waals surface area contributed by atoms with Gasteiger partial charge < -0.3 is 15.8 Å². The van der Waals surface area contributed by atoms with Gasteiger partial charge in [-0.3, -0.25) is 4.79 Å². The van der Waals surface area contributed by atoms with Crippen LogP contribution in [0.15, 0.2) is 18.2 Å². The Hall–Kier alpha value is -1.62. The summed E-state index contributed by atoms with van der Waals surface area (Å²) in [4.78, 5) is 11.8. The fourth-order valence-electron chi connectivity index (χ4n) is 1.82. The first-order chi connectivity index (χ1) is 8.97. The second-order valence-electron chi connectivity index (χ2n) is 4.72. The molecule has 0 aliphatic carbocycles. The number of ether oxygens (including phenoxy) is 1. The summed E-state index contributed by atoms with van der Waals surface area (Å²) in [6, 6.07) is 3.93. The van der Waals surface area contributed by atoms with Crippen molar-refractivity contribution in [2.75, 3.05) is 13.7 Å². The van der Waals surface area contributed by atoms with Crippen molar-refractivity contribution in [1.29, 1.82) is 0 Å². The summed E-state index contributed by atoms with van der Waals surface area (Å²) in [5, 5.41) is 2.82. The zero-order valence-corrected chi connectivity index (χ0v) is 11.6. The van der Waals surface area contributed by atoms with Crippen LogP contribution in [0.25, 0.3) is 0 Å². The van der Waals surface area contributed by atoms with Gasteiger partial charge in [-0.15, -0.1) is 0 Å². The second kappa shape index (κ2) is 7.09. The molecule has 0 heterocycles. The summed E-state index contributed by atoms with van der Waals surface area (Å²) < 4.78 is 18.4. The third-order valence-electron chi connectivity index (χ3n) is 2.97. The Kier molecular flexibility index (Phi) is 5.76. The van der Waals surface area contributed by atoms with Crippen molar-refractivity contribution >= 4 is 5.91 Å². The van der Waals surface area contributed by atoms with Crippen molar-refractivity contribution in [3.8, 4) is 5.75 Å². The first kappa shape index (κ1) is 15.4. The lowest BCUT2D eigenvalue weighted by Crippen LogP contribution is -2.29. The fourth-order valence-corrected chi connectivity index (χ4v) is 1.82. The zero-order valence-electron chi connectivity index (χ0n) is 11.6. The van der Waals surface area contributed by atoms with Crippen molar-refractivity contribution in [2.24, 2.45) is 11.7 Å². The van der Waals surface area contributed by atoms with Crippen LogP contribution < -0.4 is 15.8 Å². The van der Waals surface area contributed by atoms with E-state index in [4.69, 9.17) is 10.5 Å². The zero-order chi connectivity index (χ0) is 14.4. The maximum absolute atomic E-state index is 13.3. The fraction of sp³-hybridized carbons (Fsp3) is 0.500. The largest absolute Gasteiger partial charge is 0.496 e. The number of methoxy groups -OCH3 is 1. The van der Waals surface area contributed by atoms with E-state index < -0.39 is 0 Å². The molecule has 1 amide bonds. The standard InChI is InChI=1S/C14H21FN2O2/c1-9(8-16)6-14(18)17-10(2)12-7-11(15)4-5-13(12)19-3/h4-5,7,9-10H,6,8,16H2,1-3H3,(H,17,18). The maximum Gasteiger partial charge on any atom is 0.220 e. The summed E-state index contributed by atoms with van der Waals surface area (Å²) in [7, 11) is 1.52. The van der Waals surface area contributed by atoms with Crippen LogP contribution in [0.2, 0.25) is 0 Å². The molecule has 0 spiro atoms. The summed E-state index contributed by atoms with van der Waals surface area (Å²) in [6.07, 6.45) is 0.360. The van der Waals surface area contributed by atoms with Gasteiger partial charge in [-0.05, 0) is 37.6 Å². The number of hydrogen-bond donors (Lipinski definition) is 2. The Labute approximate surface area is 113 Å². The molecule has 2 unspecified atom stereocenters. The van der Waals surface area contributed by atoms with Gasteiger partial charge in [-0.2, -0.15) is 0 Å². The van der Waals surface area contributed by atoms with Gasteiger partial charge in [-0.1, -0.05) is 6.92 Å². The molecule has 5 heteroatoms. The number of benzene rings is 1. The minimum absolute atomic E-state index is 0.100. The van der Waals surface area contributed by atoms with E-state index in [1.54, 1.807) is 13.0 Å². The second-order valence-corrected chi connectivity index (χ2v) is 4.72. The van der Waals surface area contributed by atoms with E-state index in [1.807, 2.05) is 6.92 Å². The van der Waals surface area contributed by atoms with Crippen molar-refractivity contribution in [2.45, 2.75) is 26.3 Å². The van der Waals surface area contributed by atoms with Gasteiger partial charge in [0.2, 0.25) is 5.91 Å². The van der Waals surface area contributed by atoms with Crippen LogP contribution in [0.4, 0.5) is 4.39 Å². The third kappa shape index (κ3) is 4.52. The molecule has 0 saturated heterocycles. The van der Waals surface area contributed by atoms with Gasteiger partial charge >= 0.3 is 0 Å². The molecule has 1 aromatic rings. The molecule has 19 heavy (non-hydrogen) atoms. The van der Waals surface area contributed by atoms with E-state index in [-0.39, 0.29) is 23.7 Å². The Morgan fingerprint density at radius 1 is 1.47 bits per heavy atom.